The minimum absolute atomic E-state index is 0.659. The van der Waals surface area contributed by atoms with Crippen LogP contribution in [0.15, 0.2) is 35.2 Å². The second-order valence-electron chi connectivity index (χ2n) is 3.81. The molecule has 0 aliphatic rings. The Morgan fingerprint density at radius 2 is 2.00 bits per heavy atom. The van der Waals surface area contributed by atoms with Crippen molar-refractivity contribution in [1.29, 1.82) is 0 Å². The number of nitrogens with one attached hydrogen (secondary N) is 1. The van der Waals surface area contributed by atoms with Crippen molar-refractivity contribution in [2.45, 2.75) is 37.6 Å². The summed E-state index contributed by atoms with van der Waals surface area (Å²) in [6, 6.07) is 11.2. The summed E-state index contributed by atoms with van der Waals surface area (Å²) in [5.41, 5.74) is 0. The van der Waals surface area contributed by atoms with E-state index in [1.807, 2.05) is 11.8 Å². The standard InChI is InChI=1S/C13H21NS/c1-3-7-12(2)14-10-11-15-13-8-5-4-6-9-13/h4-6,8-9,12,14H,3,7,10-11H2,1-2H3. The number of hydrogen-bond donors (Lipinski definition) is 1. The Bertz CT molecular complexity index is 248. The lowest BCUT2D eigenvalue weighted by Crippen LogP contribution is -2.27. The lowest BCUT2D eigenvalue weighted by molar-refractivity contribution is 0.526. The van der Waals surface area contributed by atoms with Gasteiger partial charge in [-0.2, -0.15) is 0 Å². The zero-order valence-electron chi connectivity index (χ0n) is 9.70. The number of rotatable bonds is 7. The smallest absolute Gasteiger partial charge is 0.0106 e. The monoisotopic (exact) mass is 223 g/mol. The van der Waals surface area contributed by atoms with Crippen LogP contribution >= 0.6 is 11.8 Å². The number of thioether (sulfide) groups is 1. The molecule has 0 aliphatic heterocycles. The minimum Gasteiger partial charge on any atom is -0.313 e. The SMILES string of the molecule is CCCC(C)NCCSc1ccccc1. The van der Waals surface area contributed by atoms with E-state index in [-0.39, 0.29) is 0 Å². The van der Waals surface area contributed by atoms with Gasteiger partial charge in [-0.3, -0.25) is 0 Å². The van der Waals surface area contributed by atoms with Gasteiger partial charge in [0, 0.05) is 23.2 Å². The molecule has 0 spiro atoms. The Morgan fingerprint density at radius 3 is 2.67 bits per heavy atom. The molecule has 0 saturated carbocycles. The summed E-state index contributed by atoms with van der Waals surface area (Å²) in [5, 5.41) is 3.53. The van der Waals surface area contributed by atoms with Crippen molar-refractivity contribution in [3.8, 4) is 0 Å². The van der Waals surface area contributed by atoms with Crippen LogP contribution in [0.25, 0.3) is 0 Å². The van der Waals surface area contributed by atoms with E-state index in [1.165, 1.54) is 17.7 Å². The van der Waals surface area contributed by atoms with Crippen molar-refractivity contribution >= 4 is 11.8 Å². The summed E-state index contributed by atoms with van der Waals surface area (Å²) in [6.07, 6.45) is 2.54. The Labute approximate surface area is 97.7 Å². The van der Waals surface area contributed by atoms with Gasteiger partial charge in [-0.1, -0.05) is 31.5 Å². The normalized spacial score (nSPS) is 12.7. The van der Waals surface area contributed by atoms with Crippen LogP contribution in [0.5, 0.6) is 0 Å². The van der Waals surface area contributed by atoms with E-state index in [0.29, 0.717) is 6.04 Å². The summed E-state index contributed by atoms with van der Waals surface area (Å²) in [5.74, 6) is 1.15. The fraction of sp³-hybridized carbons (Fsp3) is 0.538. The van der Waals surface area contributed by atoms with Crippen molar-refractivity contribution in [1.82, 2.24) is 5.32 Å². The molecule has 0 saturated heterocycles. The fourth-order valence-corrected chi connectivity index (χ4v) is 2.33. The molecule has 1 atom stereocenters. The summed E-state index contributed by atoms with van der Waals surface area (Å²) in [7, 11) is 0. The van der Waals surface area contributed by atoms with Gasteiger partial charge in [0.2, 0.25) is 0 Å². The molecule has 1 N–H and O–H groups in total. The zero-order valence-corrected chi connectivity index (χ0v) is 10.5. The van der Waals surface area contributed by atoms with Crippen molar-refractivity contribution in [2.24, 2.45) is 0 Å². The van der Waals surface area contributed by atoms with E-state index < -0.39 is 0 Å². The van der Waals surface area contributed by atoms with E-state index in [4.69, 9.17) is 0 Å². The van der Waals surface area contributed by atoms with Gasteiger partial charge >= 0.3 is 0 Å². The first kappa shape index (κ1) is 12.6. The van der Waals surface area contributed by atoms with E-state index in [1.54, 1.807) is 0 Å². The second kappa shape index (κ2) is 7.77. The maximum absolute atomic E-state index is 3.53. The number of benzene rings is 1. The molecule has 0 fully saturated rings. The van der Waals surface area contributed by atoms with Gasteiger partial charge in [-0.25, -0.2) is 0 Å². The third-order valence-electron chi connectivity index (χ3n) is 2.33. The van der Waals surface area contributed by atoms with Gasteiger partial charge in [0.25, 0.3) is 0 Å². The van der Waals surface area contributed by atoms with Crippen molar-refractivity contribution < 1.29 is 0 Å². The molecule has 84 valence electrons. The van der Waals surface area contributed by atoms with Crippen LogP contribution < -0.4 is 5.32 Å². The van der Waals surface area contributed by atoms with Crippen molar-refractivity contribution in [2.75, 3.05) is 12.3 Å². The van der Waals surface area contributed by atoms with Gasteiger partial charge in [0.05, 0.1) is 0 Å². The van der Waals surface area contributed by atoms with E-state index in [9.17, 15) is 0 Å². The van der Waals surface area contributed by atoms with Crippen LogP contribution in [0.4, 0.5) is 0 Å². The van der Waals surface area contributed by atoms with Crippen LogP contribution in [-0.4, -0.2) is 18.3 Å². The number of hydrogen-bond acceptors (Lipinski definition) is 2. The maximum atomic E-state index is 3.53. The average molecular weight is 223 g/mol. The Balaban J connectivity index is 2.07. The highest BCUT2D eigenvalue weighted by atomic mass is 32.2. The quantitative estimate of drug-likeness (QED) is 0.560. The van der Waals surface area contributed by atoms with Gasteiger partial charge in [-0.05, 0) is 25.5 Å². The molecule has 15 heavy (non-hydrogen) atoms. The highest BCUT2D eigenvalue weighted by Gasteiger charge is 1.98. The second-order valence-corrected chi connectivity index (χ2v) is 4.97. The van der Waals surface area contributed by atoms with Crippen molar-refractivity contribution in [3.63, 3.8) is 0 Å². The molecule has 0 amide bonds. The zero-order chi connectivity index (χ0) is 10.9. The van der Waals surface area contributed by atoms with Gasteiger partial charge in [0.15, 0.2) is 0 Å². The molecule has 0 aliphatic carbocycles. The molecule has 0 radical (unpaired) electrons. The fourth-order valence-electron chi connectivity index (χ4n) is 1.53. The molecule has 1 unspecified atom stereocenters. The summed E-state index contributed by atoms with van der Waals surface area (Å²) >= 11 is 1.92. The topological polar surface area (TPSA) is 12.0 Å². The highest BCUT2D eigenvalue weighted by molar-refractivity contribution is 7.99. The lowest BCUT2D eigenvalue weighted by atomic mass is 10.2. The summed E-state index contributed by atoms with van der Waals surface area (Å²) in [4.78, 5) is 1.36. The molecule has 1 aromatic carbocycles. The molecular weight excluding hydrogens is 202 g/mol. The molecule has 1 nitrogen and oxygen atoms in total. The molecule has 1 rings (SSSR count). The van der Waals surface area contributed by atoms with E-state index in [0.717, 1.165) is 12.3 Å². The Kier molecular flexibility index (Phi) is 6.53. The molecule has 0 aromatic heterocycles. The van der Waals surface area contributed by atoms with Crippen LogP contribution in [0.3, 0.4) is 0 Å². The summed E-state index contributed by atoms with van der Waals surface area (Å²) < 4.78 is 0. The van der Waals surface area contributed by atoms with Crippen molar-refractivity contribution in [3.05, 3.63) is 30.3 Å². The Hall–Kier alpha value is -0.470. The molecule has 0 bridgehead atoms. The first-order valence-corrected chi connectivity index (χ1v) is 6.72. The molecule has 2 heteroatoms. The lowest BCUT2D eigenvalue weighted by Gasteiger charge is -2.11. The van der Waals surface area contributed by atoms with Gasteiger partial charge in [-0.15, -0.1) is 11.8 Å². The van der Waals surface area contributed by atoms with Crippen LogP contribution in [0.2, 0.25) is 0 Å². The largest absolute Gasteiger partial charge is 0.313 e. The highest BCUT2D eigenvalue weighted by Crippen LogP contribution is 2.15. The third-order valence-corrected chi connectivity index (χ3v) is 3.34. The van der Waals surface area contributed by atoms with Crippen LogP contribution in [0, 0.1) is 0 Å². The van der Waals surface area contributed by atoms with Gasteiger partial charge in [0.1, 0.15) is 0 Å². The average Bonchev–Trinajstić information content (AvgIpc) is 2.26. The molecular formula is C13H21NS. The third kappa shape index (κ3) is 5.85. The maximum Gasteiger partial charge on any atom is 0.0106 e. The first-order valence-electron chi connectivity index (χ1n) is 5.74. The van der Waals surface area contributed by atoms with E-state index in [2.05, 4.69) is 49.5 Å². The molecule has 1 aromatic rings. The first-order chi connectivity index (χ1) is 7.33. The Morgan fingerprint density at radius 1 is 1.27 bits per heavy atom. The van der Waals surface area contributed by atoms with Gasteiger partial charge < -0.3 is 5.32 Å². The molecule has 0 heterocycles. The van der Waals surface area contributed by atoms with Crippen LogP contribution in [-0.2, 0) is 0 Å². The predicted molar refractivity (Wildman–Crippen MR) is 69.5 cm³/mol. The summed E-state index contributed by atoms with van der Waals surface area (Å²) in [6.45, 7) is 5.59. The van der Waals surface area contributed by atoms with Crippen LogP contribution in [0.1, 0.15) is 26.7 Å². The predicted octanol–water partition coefficient (Wildman–Crippen LogP) is 3.56. The van der Waals surface area contributed by atoms with E-state index >= 15 is 0 Å². The minimum atomic E-state index is 0.659.